The maximum atomic E-state index is 14.4. The molecule has 1 N–H and O–H groups in total. The molecule has 0 aromatic heterocycles. The average molecular weight is 388 g/mol. The summed E-state index contributed by atoms with van der Waals surface area (Å²) in [6.07, 6.45) is 1.95. The molecule has 2 heterocycles. The lowest BCUT2D eigenvalue weighted by molar-refractivity contribution is -0.133. The number of urea groups is 1. The zero-order chi connectivity index (χ0) is 20.1. The Labute approximate surface area is 163 Å². The number of benzene rings is 1. The number of hydrogen-bond acceptors (Lipinski definition) is 5. The van der Waals surface area contributed by atoms with Gasteiger partial charge in [-0.1, -0.05) is 0 Å². The predicted molar refractivity (Wildman–Crippen MR) is 102 cm³/mol. The van der Waals surface area contributed by atoms with Crippen LogP contribution in [0.15, 0.2) is 18.2 Å². The number of hydrogen-bond donors (Lipinski definition) is 1. The van der Waals surface area contributed by atoms with Crippen LogP contribution >= 0.6 is 0 Å². The molecule has 4 rings (SSSR count). The number of rotatable bonds is 5. The molecule has 0 spiro atoms. The third-order valence-electron chi connectivity index (χ3n) is 6.10. The summed E-state index contributed by atoms with van der Waals surface area (Å²) in [5.74, 6) is -0.475. The van der Waals surface area contributed by atoms with Crippen LogP contribution in [0, 0.1) is 11.7 Å². The Hall–Kier alpha value is -2.48. The molecule has 3 fully saturated rings. The summed E-state index contributed by atoms with van der Waals surface area (Å²) >= 11 is 0. The van der Waals surface area contributed by atoms with Gasteiger partial charge in [-0.3, -0.25) is 14.5 Å². The average Bonchev–Trinajstić information content (AvgIpc) is 3.48. The number of amides is 3. The Morgan fingerprint density at radius 3 is 2.46 bits per heavy atom. The molecule has 1 saturated carbocycles. The third kappa shape index (κ3) is 3.26. The van der Waals surface area contributed by atoms with Gasteiger partial charge < -0.3 is 10.2 Å². The van der Waals surface area contributed by atoms with Crippen molar-refractivity contribution in [1.29, 1.82) is 0 Å². The van der Waals surface area contributed by atoms with Crippen molar-refractivity contribution in [3.8, 4) is 0 Å². The van der Waals surface area contributed by atoms with Gasteiger partial charge in [0.25, 0.3) is 5.91 Å². The zero-order valence-corrected chi connectivity index (χ0v) is 16.2. The van der Waals surface area contributed by atoms with Gasteiger partial charge in [0.15, 0.2) is 5.78 Å². The van der Waals surface area contributed by atoms with Crippen LogP contribution in [0.1, 0.15) is 37.0 Å². The number of halogens is 1. The number of anilines is 1. The highest BCUT2D eigenvalue weighted by Gasteiger charge is 2.56. The molecule has 2 saturated heterocycles. The van der Waals surface area contributed by atoms with Crippen LogP contribution < -0.4 is 10.2 Å². The Morgan fingerprint density at radius 2 is 1.89 bits per heavy atom. The van der Waals surface area contributed by atoms with E-state index < -0.39 is 11.4 Å². The lowest BCUT2D eigenvalue weighted by Crippen LogP contribution is -2.52. The van der Waals surface area contributed by atoms with E-state index >= 15 is 0 Å². The second-order valence-electron chi connectivity index (χ2n) is 8.11. The van der Waals surface area contributed by atoms with E-state index in [2.05, 4.69) is 5.32 Å². The Kier molecular flexibility index (Phi) is 4.61. The molecule has 1 aromatic carbocycles. The van der Waals surface area contributed by atoms with Gasteiger partial charge in [-0.25, -0.2) is 14.1 Å². The molecular weight excluding hydrogens is 363 g/mol. The number of nitrogens with zero attached hydrogens (tertiary/aromatic N) is 3. The van der Waals surface area contributed by atoms with Gasteiger partial charge in [-0.2, -0.15) is 0 Å². The van der Waals surface area contributed by atoms with Gasteiger partial charge in [0.1, 0.15) is 11.4 Å². The van der Waals surface area contributed by atoms with Gasteiger partial charge in [-0.05, 0) is 50.8 Å². The number of carbonyl (C=O) groups is 3. The van der Waals surface area contributed by atoms with Crippen molar-refractivity contribution in [2.75, 3.05) is 37.7 Å². The number of piperazine rings is 1. The summed E-state index contributed by atoms with van der Waals surface area (Å²) in [6.45, 7) is 5.89. The van der Waals surface area contributed by atoms with Crippen molar-refractivity contribution >= 4 is 23.4 Å². The van der Waals surface area contributed by atoms with E-state index in [1.807, 2.05) is 16.7 Å². The summed E-state index contributed by atoms with van der Waals surface area (Å²) in [4.78, 5) is 41.7. The van der Waals surface area contributed by atoms with Crippen molar-refractivity contribution in [1.82, 2.24) is 15.1 Å². The molecule has 8 heteroatoms. The van der Waals surface area contributed by atoms with Crippen LogP contribution in [-0.2, 0) is 4.79 Å². The van der Waals surface area contributed by atoms with Crippen molar-refractivity contribution in [2.24, 2.45) is 5.92 Å². The summed E-state index contributed by atoms with van der Waals surface area (Å²) in [7, 11) is 0. The molecule has 1 atom stereocenters. The lowest BCUT2D eigenvalue weighted by atomic mass is 9.96. The highest BCUT2D eigenvalue weighted by Crippen LogP contribution is 2.42. The van der Waals surface area contributed by atoms with E-state index in [1.54, 1.807) is 12.1 Å². The monoisotopic (exact) mass is 388 g/mol. The molecule has 3 aliphatic rings. The number of Topliss-reactive ketones (excluding diaryl/α,β-unsaturated/α-hetero) is 1. The normalized spacial score (nSPS) is 26.0. The van der Waals surface area contributed by atoms with Gasteiger partial charge in [0.2, 0.25) is 0 Å². The van der Waals surface area contributed by atoms with Crippen molar-refractivity contribution in [2.45, 2.75) is 32.2 Å². The molecule has 150 valence electrons. The van der Waals surface area contributed by atoms with Gasteiger partial charge in [-0.15, -0.1) is 0 Å². The molecule has 7 nitrogen and oxygen atoms in total. The van der Waals surface area contributed by atoms with E-state index in [0.717, 1.165) is 12.8 Å². The second kappa shape index (κ2) is 6.84. The highest BCUT2D eigenvalue weighted by atomic mass is 19.1. The molecule has 3 amide bonds. The summed E-state index contributed by atoms with van der Waals surface area (Å²) < 4.78 is 14.4. The Morgan fingerprint density at radius 1 is 1.21 bits per heavy atom. The van der Waals surface area contributed by atoms with E-state index in [4.69, 9.17) is 0 Å². The van der Waals surface area contributed by atoms with E-state index in [-0.39, 0.29) is 30.3 Å². The second-order valence-corrected chi connectivity index (χ2v) is 8.11. The molecule has 1 aromatic rings. The quantitative estimate of drug-likeness (QED) is 0.615. The molecule has 1 aliphatic carbocycles. The van der Waals surface area contributed by atoms with Crippen LogP contribution in [-0.4, -0.2) is 65.9 Å². The number of nitrogens with one attached hydrogen (secondary N) is 1. The van der Waals surface area contributed by atoms with E-state index in [0.29, 0.717) is 37.4 Å². The van der Waals surface area contributed by atoms with Crippen molar-refractivity contribution in [3.63, 3.8) is 0 Å². The fourth-order valence-electron chi connectivity index (χ4n) is 4.09. The van der Waals surface area contributed by atoms with Gasteiger partial charge in [0.05, 0.1) is 12.4 Å². The van der Waals surface area contributed by atoms with E-state index in [1.165, 1.54) is 17.9 Å². The number of imide groups is 1. The minimum atomic E-state index is -0.763. The fourth-order valence-corrected chi connectivity index (χ4v) is 4.09. The summed E-state index contributed by atoms with van der Waals surface area (Å²) in [5.41, 5.74) is 0.0682. The van der Waals surface area contributed by atoms with E-state index in [9.17, 15) is 18.8 Å². The SMILES string of the molecule is CC(=O)c1ccc(N2CCN(CN3C(=O)N[C@](C)(C4CC4)C3=O)CC2)c(F)c1. The lowest BCUT2D eigenvalue weighted by Gasteiger charge is -2.37. The molecule has 0 bridgehead atoms. The topological polar surface area (TPSA) is 73.0 Å². The van der Waals surface area contributed by atoms with Crippen LogP contribution in [0.4, 0.5) is 14.9 Å². The first-order valence-corrected chi connectivity index (χ1v) is 9.71. The van der Waals surface area contributed by atoms with Crippen LogP contribution in [0.2, 0.25) is 0 Å². The first kappa shape index (κ1) is 18.9. The molecular formula is C20H25FN4O3. The van der Waals surface area contributed by atoms with Crippen molar-refractivity contribution < 1.29 is 18.8 Å². The minimum Gasteiger partial charge on any atom is -0.367 e. The Bertz CT molecular complexity index is 833. The van der Waals surface area contributed by atoms with Gasteiger partial charge >= 0.3 is 6.03 Å². The van der Waals surface area contributed by atoms with Crippen LogP contribution in [0.5, 0.6) is 0 Å². The summed E-state index contributed by atoms with van der Waals surface area (Å²) in [6, 6.07) is 4.22. The standard InChI is InChI=1S/C20H25FN4O3/c1-13(26)14-3-6-17(16(21)11-14)24-9-7-23(8-10-24)12-25-18(27)20(2,15-4-5-15)22-19(25)28/h3,6,11,15H,4-5,7-10,12H2,1-2H3,(H,22,28)/t20-/m1/s1. The predicted octanol–water partition coefficient (Wildman–Crippen LogP) is 1.83. The summed E-state index contributed by atoms with van der Waals surface area (Å²) in [5, 5.41) is 2.86. The maximum Gasteiger partial charge on any atom is 0.326 e. The molecule has 2 aliphatic heterocycles. The molecule has 0 radical (unpaired) electrons. The zero-order valence-electron chi connectivity index (χ0n) is 16.2. The molecule has 0 unspecified atom stereocenters. The Balaban J connectivity index is 1.36. The van der Waals surface area contributed by atoms with Crippen molar-refractivity contribution in [3.05, 3.63) is 29.6 Å². The first-order chi connectivity index (χ1) is 13.3. The van der Waals surface area contributed by atoms with Gasteiger partial charge in [0, 0.05) is 31.7 Å². The molecule has 28 heavy (non-hydrogen) atoms. The number of carbonyl (C=O) groups excluding carboxylic acids is 3. The third-order valence-corrected chi connectivity index (χ3v) is 6.10. The minimum absolute atomic E-state index is 0.145. The fraction of sp³-hybridized carbons (Fsp3) is 0.550. The smallest absolute Gasteiger partial charge is 0.326 e. The maximum absolute atomic E-state index is 14.4. The first-order valence-electron chi connectivity index (χ1n) is 9.71. The largest absolute Gasteiger partial charge is 0.367 e. The number of ketones is 1. The van der Waals surface area contributed by atoms with Crippen LogP contribution in [0.25, 0.3) is 0 Å². The van der Waals surface area contributed by atoms with Crippen LogP contribution in [0.3, 0.4) is 0 Å². The highest BCUT2D eigenvalue weighted by molar-refractivity contribution is 6.07.